The van der Waals surface area contributed by atoms with E-state index in [9.17, 15) is 0 Å². The number of para-hydroxylation sites is 2. The molecule has 0 spiro atoms. The van der Waals surface area contributed by atoms with Gasteiger partial charge in [0.15, 0.2) is 0 Å². The highest BCUT2D eigenvalue weighted by Gasteiger charge is 2.44. The van der Waals surface area contributed by atoms with E-state index in [4.69, 9.17) is 4.42 Å². The van der Waals surface area contributed by atoms with Crippen molar-refractivity contribution in [3.05, 3.63) is 162 Å². The first-order chi connectivity index (χ1) is 28.1. The third-order valence-corrected chi connectivity index (χ3v) is 12.8. The minimum atomic E-state index is -0.0179. The molecule has 59 heavy (non-hydrogen) atoms. The van der Waals surface area contributed by atoms with Gasteiger partial charge in [0.1, 0.15) is 11.2 Å². The van der Waals surface area contributed by atoms with Crippen LogP contribution in [0.1, 0.15) is 84.6 Å². The topological polar surface area (TPSA) is 19.6 Å². The summed E-state index contributed by atoms with van der Waals surface area (Å²) in [6.45, 7) is 23.1. The van der Waals surface area contributed by atoms with Gasteiger partial charge in [0, 0.05) is 50.5 Å². The molecule has 0 radical (unpaired) electrons. The minimum Gasteiger partial charge on any atom is -0.455 e. The van der Waals surface area contributed by atoms with Crippen LogP contribution in [0.3, 0.4) is 0 Å². The van der Waals surface area contributed by atoms with Crippen LogP contribution >= 0.6 is 0 Å². The van der Waals surface area contributed by atoms with Crippen molar-refractivity contribution < 1.29 is 4.42 Å². The average molecular weight is 769 g/mol. The maximum atomic E-state index is 6.49. The summed E-state index contributed by atoms with van der Waals surface area (Å²) in [4.78, 5) is 5.08. The lowest BCUT2D eigenvalue weighted by molar-refractivity contribution is 0.590. The number of furan rings is 1. The Hall–Kier alpha value is -6.00. The summed E-state index contributed by atoms with van der Waals surface area (Å²) in [5.41, 5.74) is 20.7. The van der Waals surface area contributed by atoms with Crippen molar-refractivity contribution in [3.63, 3.8) is 0 Å². The van der Waals surface area contributed by atoms with Gasteiger partial charge in [-0.2, -0.15) is 0 Å². The van der Waals surface area contributed by atoms with E-state index >= 15 is 0 Å². The van der Waals surface area contributed by atoms with Crippen LogP contribution in [-0.2, 0) is 16.2 Å². The molecule has 3 nitrogen and oxygen atoms in total. The van der Waals surface area contributed by atoms with Crippen molar-refractivity contribution in [3.8, 4) is 11.1 Å². The van der Waals surface area contributed by atoms with E-state index in [2.05, 4.69) is 212 Å². The van der Waals surface area contributed by atoms with Gasteiger partial charge in [0.25, 0.3) is 6.71 Å². The van der Waals surface area contributed by atoms with Gasteiger partial charge >= 0.3 is 0 Å². The first-order valence-corrected chi connectivity index (χ1v) is 21.2. The van der Waals surface area contributed by atoms with Crippen molar-refractivity contribution in [2.24, 2.45) is 0 Å². The molecule has 10 rings (SSSR count). The van der Waals surface area contributed by atoms with E-state index < -0.39 is 0 Å². The lowest BCUT2D eigenvalue weighted by Gasteiger charge is -2.45. The predicted octanol–water partition coefficient (Wildman–Crippen LogP) is 13.5. The Morgan fingerprint density at radius 2 is 0.949 bits per heavy atom. The van der Waals surface area contributed by atoms with Crippen LogP contribution in [0.4, 0.5) is 34.1 Å². The van der Waals surface area contributed by atoms with Gasteiger partial charge in [0.2, 0.25) is 0 Å². The normalized spacial score (nSPS) is 13.8. The fraction of sp³-hybridized carbons (Fsp3) is 0.236. The van der Waals surface area contributed by atoms with Gasteiger partial charge < -0.3 is 14.2 Å². The zero-order chi connectivity index (χ0) is 41.2. The molecule has 0 saturated heterocycles. The SMILES string of the molecule is Cc1cc2c3c(c1)N(c1ccc(C(C)(C)C)cc1)c1cc(C(C)(C)C)ccc1B3c1ccc(C(C)(C)C)cc1N2c1ccc(-c2cccc3c2oc2ccccc23)cc1. The Balaban J connectivity index is 1.20. The zero-order valence-corrected chi connectivity index (χ0v) is 36.2. The second-order valence-electron chi connectivity index (χ2n) is 20.0. The van der Waals surface area contributed by atoms with E-state index in [1.54, 1.807) is 0 Å². The summed E-state index contributed by atoms with van der Waals surface area (Å²) in [5.74, 6) is 0. The van der Waals surface area contributed by atoms with E-state index in [-0.39, 0.29) is 23.0 Å². The van der Waals surface area contributed by atoms with Crippen LogP contribution in [-0.4, -0.2) is 6.71 Å². The summed E-state index contributed by atoms with van der Waals surface area (Å²) >= 11 is 0. The number of rotatable bonds is 3. The molecule has 0 saturated carbocycles. The van der Waals surface area contributed by atoms with Crippen LogP contribution in [0.5, 0.6) is 0 Å². The molecule has 0 N–H and O–H groups in total. The zero-order valence-electron chi connectivity index (χ0n) is 36.2. The molecular weight excluding hydrogens is 715 g/mol. The highest BCUT2D eigenvalue weighted by Crippen LogP contribution is 2.47. The molecule has 1 aromatic heterocycles. The lowest BCUT2D eigenvalue weighted by Crippen LogP contribution is -2.61. The van der Waals surface area contributed by atoms with Crippen LogP contribution in [0, 0.1) is 6.92 Å². The number of aryl methyl sites for hydroxylation is 1. The third-order valence-electron chi connectivity index (χ3n) is 12.8. The molecule has 0 bridgehead atoms. The van der Waals surface area contributed by atoms with E-state index in [0.29, 0.717) is 0 Å². The second kappa shape index (κ2) is 13.0. The quantitative estimate of drug-likeness (QED) is 0.167. The molecule has 4 heteroatoms. The Morgan fingerprint density at radius 1 is 0.458 bits per heavy atom. The maximum Gasteiger partial charge on any atom is 0.252 e. The third kappa shape index (κ3) is 6.02. The molecule has 0 amide bonds. The number of benzene rings is 7. The van der Waals surface area contributed by atoms with Gasteiger partial charge in [-0.15, -0.1) is 0 Å². The molecule has 7 aromatic carbocycles. The molecule has 3 heterocycles. The summed E-state index contributed by atoms with van der Waals surface area (Å²) in [5, 5.41) is 2.29. The smallest absolute Gasteiger partial charge is 0.252 e. The fourth-order valence-corrected chi connectivity index (χ4v) is 9.49. The van der Waals surface area contributed by atoms with Crippen molar-refractivity contribution >= 4 is 79.2 Å². The first kappa shape index (κ1) is 37.3. The maximum absolute atomic E-state index is 6.49. The van der Waals surface area contributed by atoms with Gasteiger partial charge in [-0.1, -0.05) is 147 Å². The molecule has 0 atom stereocenters. The number of nitrogens with zero attached hydrogens (tertiary/aromatic N) is 2. The fourth-order valence-electron chi connectivity index (χ4n) is 9.49. The Kier molecular flexibility index (Phi) is 8.22. The molecule has 292 valence electrons. The minimum absolute atomic E-state index is 0.000186. The monoisotopic (exact) mass is 768 g/mol. The van der Waals surface area contributed by atoms with Crippen LogP contribution < -0.4 is 26.2 Å². The largest absolute Gasteiger partial charge is 0.455 e. The number of anilines is 6. The van der Waals surface area contributed by atoms with Gasteiger partial charge in [-0.25, -0.2) is 0 Å². The van der Waals surface area contributed by atoms with Crippen LogP contribution in [0.25, 0.3) is 33.1 Å². The predicted molar refractivity (Wildman–Crippen MR) is 254 cm³/mol. The number of hydrogen-bond acceptors (Lipinski definition) is 3. The molecule has 2 aliphatic rings. The van der Waals surface area contributed by atoms with Crippen molar-refractivity contribution in [1.82, 2.24) is 0 Å². The first-order valence-electron chi connectivity index (χ1n) is 21.2. The van der Waals surface area contributed by atoms with Crippen molar-refractivity contribution in [2.45, 2.75) is 85.5 Å². The average Bonchev–Trinajstić information content (AvgIpc) is 3.58. The highest BCUT2D eigenvalue weighted by molar-refractivity contribution is 7.00. The molecule has 0 fully saturated rings. The van der Waals surface area contributed by atoms with Gasteiger partial charge in [-0.05, 0) is 122 Å². The molecular formula is C55H53BN2O. The second-order valence-corrected chi connectivity index (χ2v) is 20.0. The Bertz CT molecular complexity index is 2950. The summed E-state index contributed by atoms with van der Waals surface area (Å²) in [7, 11) is 0. The summed E-state index contributed by atoms with van der Waals surface area (Å²) < 4.78 is 6.49. The van der Waals surface area contributed by atoms with Crippen molar-refractivity contribution in [1.29, 1.82) is 0 Å². The van der Waals surface area contributed by atoms with E-state index in [0.717, 1.165) is 38.8 Å². The van der Waals surface area contributed by atoms with Gasteiger partial charge in [-0.3, -0.25) is 0 Å². The lowest BCUT2D eigenvalue weighted by atomic mass is 9.33. The Morgan fingerprint density at radius 3 is 1.49 bits per heavy atom. The number of fused-ring (bicyclic) bond motifs is 7. The van der Waals surface area contributed by atoms with E-state index in [1.165, 1.54) is 67.1 Å². The van der Waals surface area contributed by atoms with Crippen LogP contribution in [0.2, 0.25) is 0 Å². The summed E-state index contributed by atoms with van der Waals surface area (Å²) in [6, 6.07) is 52.6. The Labute approximate surface area is 350 Å². The van der Waals surface area contributed by atoms with Crippen molar-refractivity contribution in [2.75, 3.05) is 9.80 Å². The van der Waals surface area contributed by atoms with E-state index in [1.807, 2.05) is 6.07 Å². The molecule has 0 aliphatic carbocycles. The molecule has 2 aliphatic heterocycles. The molecule has 0 unspecified atom stereocenters. The van der Waals surface area contributed by atoms with Gasteiger partial charge in [0.05, 0.1) is 0 Å². The molecule has 8 aromatic rings. The standard InChI is InChI=1S/C55H53BN2O/c1-34-30-48-51-49(31-34)58(40-26-20-36(21-27-40)53(2,3)4)47-33-38(55(8,9)10)23-29-45(47)56(51)44-28-22-37(54(5,6)7)32-46(44)57(48)39-24-18-35(19-25-39)41-15-13-16-43-42-14-11-12-17-50(42)59-52(41)43/h11-33H,1-10H3. The summed E-state index contributed by atoms with van der Waals surface area (Å²) in [6.07, 6.45) is 0. The van der Waals surface area contributed by atoms with Crippen LogP contribution in [0.15, 0.2) is 144 Å². The number of hydrogen-bond donors (Lipinski definition) is 0. The highest BCUT2D eigenvalue weighted by atomic mass is 16.3.